The number of aromatic amines is 1. The second-order valence-electron chi connectivity index (χ2n) is 8.77. The van der Waals surface area contributed by atoms with Crippen molar-refractivity contribution in [2.24, 2.45) is 0 Å². The van der Waals surface area contributed by atoms with Gasteiger partial charge < -0.3 is 15.0 Å². The number of aromatic nitrogens is 2. The van der Waals surface area contributed by atoms with Crippen LogP contribution in [0.15, 0.2) is 28.4 Å². The van der Waals surface area contributed by atoms with Crippen molar-refractivity contribution in [2.45, 2.75) is 26.1 Å². The van der Waals surface area contributed by atoms with Gasteiger partial charge in [-0.1, -0.05) is 11.6 Å². The summed E-state index contributed by atoms with van der Waals surface area (Å²) in [6, 6.07) is 5.07. The van der Waals surface area contributed by atoms with Crippen molar-refractivity contribution in [1.82, 2.24) is 19.8 Å². The summed E-state index contributed by atoms with van der Waals surface area (Å²) < 4.78 is 43.5. The highest BCUT2D eigenvalue weighted by atomic mass is 35.5. The van der Waals surface area contributed by atoms with Crippen molar-refractivity contribution in [2.75, 3.05) is 51.2 Å². The van der Waals surface area contributed by atoms with E-state index in [2.05, 4.69) is 20.2 Å². The van der Waals surface area contributed by atoms with E-state index in [-0.39, 0.29) is 11.5 Å². The van der Waals surface area contributed by atoms with Crippen LogP contribution in [0.2, 0.25) is 5.02 Å². The number of thiazole rings is 1. The van der Waals surface area contributed by atoms with Crippen molar-refractivity contribution >= 4 is 39.0 Å². The number of H-pyrrole nitrogens is 1. The summed E-state index contributed by atoms with van der Waals surface area (Å²) in [5, 5.41) is 6.62. The molecule has 1 aliphatic rings. The van der Waals surface area contributed by atoms with E-state index in [9.17, 15) is 18.0 Å². The van der Waals surface area contributed by atoms with Crippen LogP contribution in [0, 0.1) is 0 Å². The minimum Gasteiger partial charge on any atom is -0.491 e. The van der Waals surface area contributed by atoms with Gasteiger partial charge in [0.1, 0.15) is 17.4 Å². The van der Waals surface area contributed by atoms with Crippen LogP contribution in [0.25, 0.3) is 22.3 Å². The highest BCUT2D eigenvalue weighted by Crippen LogP contribution is 2.32. The van der Waals surface area contributed by atoms with E-state index in [0.717, 1.165) is 5.13 Å². The van der Waals surface area contributed by atoms with Gasteiger partial charge in [-0.05, 0) is 26.0 Å². The zero-order valence-electron chi connectivity index (χ0n) is 19.4. The van der Waals surface area contributed by atoms with Gasteiger partial charge in [0.15, 0.2) is 10.6 Å². The van der Waals surface area contributed by atoms with Gasteiger partial charge in [0.25, 0.3) is 0 Å². The average Bonchev–Trinajstić information content (AvgIpc) is 3.23. The van der Waals surface area contributed by atoms with E-state index in [0.29, 0.717) is 72.4 Å². The van der Waals surface area contributed by atoms with Crippen molar-refractivity contribution < 1.29 is 17.9 Å². The summed E-state index contributed by atoms with van der Waals surface area (Å²) >= 11 is 8.05. The molecule has 3 heterocycles. The molecule has 0 spiro atoms. The van der Waals surface area contributed by atoms with Crippen molar-refractivity contribution in [3.8, 4) is 17.1 Å². The van der Waals surface area contributed by atoms with E-state index in [4.69, 9.17) is 16.3 Å². The number of hydrogen-bond donors (Lipinski definition) is 2. The molecule has 2 aromatic heterocycles. The number of hydrogen-bond acceptors (Lipinski definition) is 7. The number of fused-ring (bicyclic) bond motifs is 1. The number of piperazine rings is 1. The fraction of sp³-hybridized carbons (Fsp3) is 0.478. The second-order valence-corrected chi connectivity index (χ2v) is 10.0. The van der Waals surface area contributed by atoms with Gasteiger partial charge in [-0.25, -0.2) is 4.98 Å². The van der Waals surface area contributed by atoms with Gasteiger partial charge in [0.2, 0.25) is 0 Å². The van der Waals surface area contributed by atoms with Crippen molar-refractivity contribution in [1.29, 1.82) is 0 Å². The third-order valence-corrected chi connectivity index (χ3v) is 6.78. The molecule has 0 bridgehead atoms. The first-order valence-electron chi connectivity index (χ1n) is 11.3. The molecule has 0 unspecified atom stereocenters. The molecule has 0 aliphatic carbocycles. The number of nitrogens with zero attached hydrogens (tertiary/aromatic N) is 3. The lowest BCUT2D eigenvalue weighted by Crippen LogP contribution is -2.49. The first kappa shape index (κ1) is 25.7. The summed E-state index contributed by atoms with van der Waals surface area (Å²) in [6.07, 6.45) is -4.17. The Morgan fingerprint density at radius 2 is 1.94 bits per heavy atom. The number of benzene rings is 1. The number of ether oxygens (including phenoxy) is 1. The topological polar surface area (TPSA) is 73.5 Å². The molecule has 0 radical (unpaired) electrons. The number of nitrogens with one attached hydrogen (secondary N) is 2. The van der Waals surface area contributed by atoms with Crippen LogP contribution < -0.4 is 15.5 Å². The molecule has 7 nitrogen and oxygen atoms in total. The number of alkyl halides is 3. The SMILES string of the molecule is CC(C)Nc1nc(-c2cc(=O)c3ccc(OCCN4CCN(CC(F)(F)F)CC4)c(Cl)c3[nH]2)cs1. The molecule has 0 atom stereocenters. The van der Waals surface area contributed by atoms with Gasteiger partial charge in [0, 0.05) is 55.6 Å². The van der Waals surface area contributed by atoms with E-state index in [1.165, 1.54) is 22.3 Å². The average molecular weight is 530 g/mol. The third-order valence-electron chi connectivity index (χ3n) is 5.63. The Morgan fingerprint density at radius 1 is 1.23 bits per heavy atom. The Hall–Kier alpha value is -2.34. The van der Waals surface area contributed by atoms with Crippen LogP contribution in [0.3, 0.4) is 0 Å². The summed E-state index contributed by atoms with van der Waals surface area (Å²) in [5.41, 5.74) is 1.50. The lowest BCUT2D eigenvalue weighted by molar-refractivity contribution is -0.149. The van der Waals surface area contributed by atoms with Crippen LogP contribution in [-0.4, -0.2) is 77.9 Å². The quantitative estimate of drug-likeness (QED) is 0.441. The summed E-state index contributed by atoms with van der Waals surface area (Å²) in [7, 11) is 0. The minimum absolute atomic E-state index is 0.176. The van der Waals surface area contributed by atoms with E-state index >= 15 is 0 Å². The molecular formula is C23H27ClF3N5O2S. The van der Waals surface area contributed by atoms with Gasteiger partial charge in [0.05, 0.1) is 23.4 Å². The van der Waals surface area contributed by atoms with Crippen LogP contribution >= 0.6 is 22.9 Å². The molecule has 0 saturated carbocycles. The Labute approximate surface area is 209 Å². The predicted molar refractivity (Wildman–Crippen MR) is 134 cm³/mol. The van der Waals surface area contributed by atoms with Crippen LogP contribution in [0.1, 0.15) is 13.8 Å². The standard InChI is InChI=1S/C23H27ClF3N5O2S/c1-14(2)28-22-30-17(12-35-22)16-11-18(33)15-3-4-19(20(24)21(15)29-16)34-10-9-31-5-7-32(8-6-31)13-23(25,26)27/h3-4,11-12,14H,5-10,13H2,1-2H3,(H,28,30)(H,29,33). The van der Waals surface area contributed by atoms with Crippen LogP contribution in [0.5, 0.6) is 5.75 Å². The van der Waals surface area contributed by atoms with Crippen LogP contribution in [0.4, 0.5) is 18.3 Å². The maximum absolute atomic E-state index is 12.7. The molecule has 4 rings (SSSR count). The highest BCUT2D eigenvalue weighted by Gasteiger charge is 2.32. The lowest BCUT2D eigenvalue weighted by Gasteiger charge is -2.34. The molecule has 1 aromatic carbocycles. The van der Waals surface area contributed by atoms with Gasteiger partial charge in [-0.3, -0.25) is 14.6 Å². The number of anilines is 1. The number of rotatable bonds is 8. The zero-order valence-corrected chi connectivity index (χ0v) is 21.0. The van der Waals surface area contributed by atoms with Gasteiger partial charge >= 0.3 is 6.18 Å². The fourth-order valence-corrected chi connectivity index (χ4v) is 5.06. The lowest BCUT2D eigenvalue weighted by atomic mass is 10.1. The molecule has 3 aromatic rings. The Bertz CT molecular complexity index is 1220. The maximum atomic E-state index is 12.7. The monoisotopic (exact) mass is 529 g/mol. The molecule has 1 aliphatic heterocycles. The number of halogens is 4. The molecule has 0 amide bonds. The Morgan fingerprint density at radius 3 is 2.63 bits per heavy atom. The summed E-state index contributed by atoms with van der Waals surface area (Å²) in [4.78, 5) is 23.9. The molecule has 1 saturated heterocycles. The summed E-state index contributed by atoms with van der Waals surface area (Å²) in [5.74, 6) is 0.433. The highest BCUT2D eigenvalue weighted by molar-refractivity contribution is 7.14. The van der Waals surface area contributed by atoms with Gasteiger partial charge in [-0.2, -0.15) is 13.2 Å². The number of pyridine rings is 1. The Kier molecular flexibility index (Phi) is 7.89. The third kappa shape index (κ3) is 6.66. The first-order valence-corrected chi connectivity index (χ1v) is 12.6. The fourth-order valence-electron chi connectivity index (χ4n) is 3.93. The largest absolute Gasteiger partial charge is 0.491 e. The van der Waals surface area contributed by atoms with Crippen molar-refractivity contribution in [3.05, 3.63) is 38.8 Å². The Balaban J connectivity index is 1.42. The van der Waals surface area contributed by atoms with Crippen molar-refractivity contribution in [3.63, 3.8) is 0 Å². The smallest absolute Gasteiger partial charge is 0.401 e. The minimum atomic E-state index is -4.17. The molecule has 12 heteroatoms. The predicted octanol–water partition coefficient (Wildman–Crippen LogP) is 4.68. The van der Waals surface area contributed by atoms with Gasteiger partial charge in [-0.15, -0.1) is 11.3 Å². The van der Waals surface area contributed by atoms with E-state index < -0.39 is 12.7 Å². The first-order chi connectivity index (χ1) is 16.6. The van der Waals surface area contributed by atoms with Crippen LogP contribution in [-0.2, 0) is 0 Å². The molecule has 2 N–H and O–H groups in total. The molecule has 35 heavy (non-hydrogen) atoms. The normalized spacial score (nSPS) is 15.7. The second kappa shape index (κ2) is 10.7. The maximum Gasteiger partial charge on any atom is 0.401 e. The molecular weight excluding hydrogens is 503 g/mol. The van der Waals surface area contributed by atoms with E-state index in [1.807, 2.05) is 19.2 Å². The zero-order chi connectivity index (χ0) is 25.2. The molecule has 1 fully saturated rings. The molecule has 190 valence electrons. The summed E-state index contributed by atoms with van der Waals surface area (Å²) in [6.45, 7) is 5.88. The van der Waals surface area contributed by atoms with E-state index in [1.54, 1.807) is 12.1 Å².